The first-order chi connectivity index (χ1) is 9.72. The molecule has 4 nitrogen and oxygen atoms in total. The van der Waals surface area contributed by atoms with Crippen LogP contribution < -0.4 is 0 Å². The van der Waals surface area contributed by atoms with Crippen LogP contribution >= 0.6 is 0 Å². The van der Waals surface area contributed by atoms with E-state index in [1.165, 1.54) is 17.7 Å². The summed E-state index contributed by atoms with van der Waals surface area (Å²) in [5, 5.41) is 0. The van der Waals surface area contributed by atoms with E-state index in [0.29, 0.717) is 23.8 Å². The lowest BCUT2D eigenvalue weighted by atomic mass is 9.85. The van der Waals surface area contributed by atoms with Crippen LogP contribution in [0.5, 0.6) is 0 Å². The molecule has 0 unspecified atom stereocenters. The van der Waals surface area contributed by atoms with Gasteiger partial charge >= 0.3 is 0 Å². The summed E-state index contributed by atoms with van der Waals surface area (Å²) in [5.41, 5.74) is 0.302. The molecule has 0 aromatic heterocycles. The molecule has 0 radical (unpaired) electrons. The minimum atomic E-state index is -0.0543. The molecule has 0 aromatic carbocycles. The van der Waals surface area contributed by atoms with E-state index in [0.717, 1.165) is 19.4 Å². The van der Waals surface area contributed by atoms with Gasteiger partial charge in [-0.05, 0) is 42.9 Å². The molecule has 20 heavy (non-hydrogen) atoms. The molecule has 0 N–H and O–H groups in total. The number of hydrogen-bond acceptors (Lipinski definition) is 3. The number of amides is 2. The lowest BCUT2D eigenvalue weighted by Crippen LogP contribution is -2.39. The summed E-state index contributed by atoms with van der Waals surface area (Å²) >= 11 is 0. The second-order valence-electron chi connectivity index (χ2n) is 7.14. The Morgan fingerprint density at radius 2 is 1.80 bits per heavy atom. The Bertz CT molecular complexity index is 496. The van der Waals surface area contributed by atoms with Crippen LogP contribution in [-0.4, -0.2) is 36.0 Å². The molecular weight excluding hydrogens is 254 g/mol. The first-order valence-electron chi connectivity index (χ1n) is 7.87. The van der Waals surface area contributed by atoms with Crippen LogP contribution in [-0.2, 0) is 14.3 Å². The highest BCUT2D eigenvalue weighted by Crippen LogP contribution is 2.73. The van der Waals surface area contributed by atoms with Gasteiger partial charge < -0.3 is 4.74 Å². The molecule has 5 rings (SSSR count). The molecule has 5 aliphatic rings. The van der Waals surface area contributed by atoms with Gasteiger partial charge in [-0.25, -0.2) is 0 Å². The zero-order valence-corrected chi connectivity index (χ0v) is 11.5. The molecule has 2 aliphatic heterocycles. The summed E-state index contributed by atoms with van der Waals surface area (Å²) in [6.45, 7) is 1.25. The zero-order valence-electron chi connectivity index (χ0n) is 11.5. The zero-order chi connectivity index (χ0) is 13.5. The number of rotatable bonds is 2. The number of likely N-dealkylation sites (tertiary alicyclic amines) is 1. The molecule has 2 saturated carbocycles. The fourth-order valence-electron chi connectivity index (χ4n) is 5.31. The Morgan fingerprint density at radius 1 is 1.15 bits per heavy atom. The first kappa shape index (κ1) is 11.5. The highest BCUT2D eigenvalue weighted by atomic mass is 16.5. The van der Waals surface area contributed by atoms with Crippen molar-refractivity contribution in [2.24, 2.45) is 29.1 Å². The average molecular weight is 273 g/mol. The van der Waals surface area contributed by atoms with Crippen LogP contribution in [0.1, 0.15) is 25.7 Å². The van der Waals surface area contributed by atoms with E-state index >= 15 is 0 Å². The fraction of sp³-hybridized carbons (Fsp3) is 0.750. The third-order valence-corrected chi connectivity index (χ3v) is 6.35. The molecule has 0 aromatic rings. The average Bonchev–Trinajstić information content (AvgIpc) is 2.73. The summed E-state index contributed by atoms with van der Waals surface area (Å²) in [5.74, 6) is 0.729. The van der Waals surface area contributed by atoms with E-state index in [1.54, 1.807) is 0 Å². The highest BCUT2D eigenvalue weighted by molar-refractivity contribution is 6.06. The van der Waals surface area contributed by atoms with Crippen LogP contribution in [0.15, 0.2) is 12.2 Å². The smallest absolute Gasteiger partial charge is 0.233 e. The Kier molecular flexibility index (Phi) is 2.03. The highest BCUT2D eigenvalue weighted by Gasteiger charge is 2.73. The molecule has 4 fully saturated rings. The summed E-state index contributed by atoms with van der Waals surface area (Å²) in [4.78, 5) is 26.9. The van der Waals surface area contributed by atoms with Gasteiger partial charge in [0.2, 0.25) is 11.8 Å². The summed E-state index contributed by atoms with van der Waals surface area (Å²) in [7, 11) is 0. The van der Waals surface area contributed by atoms with Gasteiger partial charge in [0.1, 0.15) is 0 Å². The predicted octanol–water partition coefficient (Wildman–Crippen LogP) is 1.36. The van der Waals surface area contributed by atoms with Crippen LogP contribution in [0, 0.1) is 29.1 Å². The van der Waals surface area contributed by atoms with Crippen molar-refractivity contribution in [3.8, 4) is 0 Å². The van der Waals surface area contributed by atoms with Crippen LogP contribution in [0.25, 0.3) is 0 Å². The SMILES string of the molecule is O=C1[C@@H]2[C@H](C(=O)N1C[C@@H]1CCCO1)[C@H]1C=C[C@@H]2C12CC2. The molecule has 4 heteroatoms. The summed E-state index contributed by atoms with van der Waals surface area (Å²) < 4.78 is 5.59. The van der Waals surface area contributed by atoms with Crippen LogP contribution in [0.2, 0.25) is 0 Å². The maximum atomic E-state index is 12.7. The minimum absolute atomic E-state index is 0.0543. The van der Waals surface area contributed by atoms with Crippen molar-refractivity contribution < 1.29 is 14.3 Å². The van der Waals surface area contributed by atoms with Gasteiger partial charge in [0.05, 0.1) is 24.5 Å². The maximum absolute atomic E-state index is 12.7. The largest absolute Gasteiger partial charge is 0.376 e. The number of carbonyl (C=O) groups is 2. The standard InChI is InChI=1S/C16H19NO3/c18-14-12-10-3-4-11(16(10)5-6-16)13(12)15(19)17(14)8-9-2-1-7-20-9/h3-4,9-13H,1-2,5-8H2/t9-,10-,11+,12-,13+/m0/s1. The van der Waals surface area contributed by atoms with Crippen molar-refractivity contribution in [3.05, 3.63) is 12.2 Å². The van der Waals surface area contributed by atoms with E-state index in [9.17, 15) is 9.59 Å². The number of ether oxygens (including phenoxy) is 1. The lowest BCUT2D eigenvalue weighted by molar-refractivity contribution is -0.143. The number of nitrogens with zero attached hydrogens (tertiary/aromatic N) is 1. The molecule has 5 atom stereocenters. The number of fused-ring (bicyclic) bond motifs is 3. The second kappa shape index (κ2) is 3.53. The van der Waals surface area contributed by atoms with Crippen molar-refractivity contribution in [2.45, 2.75) is 31.8 Å². The number of hydrogen-bond donors (Lipinski definition) is 0. The Labute approximate surface area is 118 Å². The fourth-order valence-corrected chi connectivity index (χ4v) is 5.31. The summed E-state index contributed by atoms with van der Waals surface area (Å²) in [6.07, 6.45) is 8.94. The molecule has 106 valence electrons. The molecule has 2 bridgehead atoms. The monoisotopic (exact) mass is 273 g/mol. The number of imide groups is 1. The van der Waals surface area contributed by atoms with Crippen molar-refractivity contribution in [3.63, 3.8) is 0 Å². The van der Waals surface area contributed by atoms with Crippen LogP contribution in [0.3, 0.4) is 0 Å². The van der Waals surface area contributed by atoms with Crippen molar-refractivity contribution in [2.75, 3.05) is 13.2 Å². The van der Waals surface area contributed by atoms with E-state index < -0.39 is 0 Å². The van der Waals surface area contributed by atoms with E-state index in [-0.39, 0.29) is 29.8 Å². The molecule has 2 saturated heterocycles. The second-order valence-corrected chi connectivity index (χ2v) is 7.14. The van der Waals surface area contributed by atoms with Gasteiger partial charge in [-0.3, -0.25) is 14.5 Å². The lowest BCUT2D eigenvalue weighted by Gasteiger charge is -2.23. The van der Waals surface area contributed by atoms with Gasteiger partial charge in [-0.1, -0.05) is 12.2 Å². The van der Waals surface area contributed by atoms with E-state index in [2.05, 4.69) is 12.2 Å². The quantitative estimate of drug-likeness (QED) is 0.564. The molecule has 2 amide bonds. The van der Waals surface area contributed by atoms with Crippen molar-refractivity contribution >= 4 is 11.8 Å². The van der Waals surface area contributed by atoms with Gasteiger partial charge in [-0.15, -0.1) is 0 Å². The van der Waals surface area contributed by atoms with Crippen LogP contribution in [0.4, 0.5) is 0 Å². The first-order valence-corrected chi connectivity index (χ1v) is 7.87. The Morgan fingerprint density at radius 3 is 2.30 bits per heavy atom. The predicted molar refractivity (Wildman–Crippen MR) is 70.5 cm³/mol. The normalized spacial score (nSPS) is 46.8. The number of allylic oxidation sites excluding steroid dienone is 2. The van der Waals surface area contributed by atoms with E-state index in [4.69, 9.17) is 4.74 Å². The topological polar surface area (TPSA) is 46.6 Å². The van der Waals surface area contributed by atoms with Gasteiger partial charge in [0.25, 0.3) is 0 Å². The van der Waals surface area contributed by atoms with Gasteiger partial charge in [0, 0.05) is 6.61 Å². The van der Waals surface area contributed by atoms with E-state index in [1.807, 2.05) is 0 Å². The molecule has 2 heterocycles. The molecular formula is C16H19NO3. The third kappa shape index (κ3) is 1.18. The minimum Gasteiger partial charge on any atom is -0.376 e. The van der Waals surface area contributed by atoms with Gasteiger partial charge in [-0.2, -0.15) is 0 Å². The summed E-state index contributed by atoms with van der Waals surface area (Å²) in [6, 6.07) is 0. The Hall–Kier alpha value is -1.16. The van der Waals surface area contributed by atoms with Gasteiger partial charge in [0.15, 0.2) is 0 Å². The van der Waals surface area contributed by atoms with Crippen molar-refractivity contribution in [1.82, 2.24) is 4.90 Å². The molecule has 3 aliphatic carbocycles. The Balaban J connectivity index is 1.44. The third-order valence-electron chi connectivity index (χ3n) is 6.35. The number of carbonyl (C=O) groups excluding carboxylic acids is 2. The van der Waals surface area contributed by atoms with Crippen molar-refractivity contribution in [1.29, 1.82) is 0 Å². The molecule has 1 spiro atoms. The maximum Gasteiger partial charge on any atom is 0.233 e.